The molecule has 1 aliphatic carbocycles. The third kappa shape index (κ3) is 5.49. The molecule has 0 fully saturated rings. The van der Waals surface area contributed by atoms with E-state index in [0.717, 1.165) is 22.7 Å². The van der Waals surface area contributed by atoms with Crippen molar-refractivity contribution < 1.29 is 0 Å². The fourth-order valence-corrected chi connectivity index (χ4v) is 10.3. The Morgan fingerprint density at radius 1 is 0.361 bits per heavy atom. The van der Waals surface area contributed by atoms with Crippen molar-refractivity contribution in [2.75, 3.05) is 4.90 Å². The van der Waals surface area contributed by atoms with E-state index in [-0.39, 0.29) is 5.41 Å². The molecule has 0 bridgehead atoms. The summed E-state index contributed by atoms with van der Waals surface area (Å²) in [4.78, 5) is 2.42. The van der Waals surface area contributed by atoms with Gasteiger partial charge in [-0.25, -0.2) is 0 Å². The van der Waals surface area contributed by atoms with Crippen LogP contribution in [0.5, 0.6) is 0 Å². The molecule has 0 saturated heterocycles. The van der Waals surface area contributed by atoms with Gasteiger partial charge >= 0.3 is 0 Å². The zero-order valence-corrected chi connectivity index (χ0v) is 34.2. The molecule has 12 rings (SSSR count). The molecule has 0 N–H and O–H groups in total. The summed E-state index contributed by atoms with van der Waals surface area (Å²) in [7, 11) is 0. The molecule has 0 saturated carbocycles. The Morgan fingerprint density at radius 2 is 0.984 bits per heavy atom. The van der Waals surface area contributed by atoms with Gasteiger partial charge in [0.25, 0.3) is 0 Å². The van der Waals surface area contributed by atoms with Gasteiger partial charge in [-0.1, -0.05) is 172 Å². The van der Waals surface area contributed by atoms with Crippen LogP contribution in [0.2, 0.25) is 0 Å². The lowest BCUT2D eigenvalue weighted by Gasteiger charge is -2.28. The Balaban J connectivity index is 1.04. The first-order valence-electron chi connectivity index (χ1n) is 21.3. The molecule has 0 spiro atoms. The summed E-state index contributed by atoms with van der Waals surface area (Å²) >= 11 is 0. The second-order valence-corrected chi connectivity index (χ2v) is 16.9. The van der Waals surface area contributed by atoms with E-state index in [9.17, 15) is 0 Å². The summed E-state index contributed by atoms with van der Waals surface area (Å²) in [6.07, 6.45) is 0. The summed E-state index contributed by atoms with van der Waals surface area (Å²) in [5.74, 6) is 0. The maximum atomic E-state index is 2.45. The molecular weight excluding hydrogens is 737 g/mol. The Kier molecular flexibility index (Phi) is 7.92. The van der Waals surface area contributed by atoms with Crippen molar-refractivity contribution in [1.29, 1.82) is 0 Å². The fraction of sp³-hybridized carbons (Fsp3) is 0.0508. The summed E-state index contributed by atoms with van der Waals surface area (Å²) in [6, 6.07) is 80.4. The monoisotopic (exact) mass is 778 g/mol. The van der Waals surface area contributed by atoms with Crippen LogP contribution in [0.1, 0.15) is 25.0 Å². The van der Waals surface area contributed by atoms with Gasteiger partial charge in [-0.05, 0) is 127 Å². The standard InChI is InChI=1S/C59H42N2/c1-59(2)53-27-10-8-23-49(53)50-35-34-46(38-54(50)59)60(45-21-12-20-42(37-45)39-15-4-3-5-16-39)43-30-32-44(33-31-43)61-55-28-11-9-24-52(55)58-56(61)36-29-41-19-14-26-51(57(41)58)48-25-13-18-40-17-6-7-22-47(40)48/h3-38H,1-2H3. The number of hydrogen-bond donors (Lipinski definition) is 0. The summed E-state index contributed by atoms with van der Waals surface area (Å²) < 4.78 is 2.45. The lowest BCUT2D eigenvalue weighted by Crippen LogP contribution is -2.16. The Morgan fingerprint density at radius 3 is 1.85 bits per heavy atom. The molecule has 1 heterocycles. The van der Waals surface area contributed by atoms with Crippen molar-refractivity contribution in [3.63, 3.8) is 0 Å². The van der Waals surface area contributed by atoms with Crippen LogP contribution < -0.4 is 4.90 Å². The molecule has 0 radical (unpaired) electrons. The molecular formula is C59H42N2. The van der Waals surface area contributed by atoms with Gasteiger partial charge in [0.15, 0.2) is 0 Å². The van der Waals surface area contributed by atoms with Crippen LogP contribution in [-0.4, -0.2) is 4.57 Å². The third-order valence-electron chi connectivity index (χ3n) is 13.2. The van der Waals surface area contributed by atoms with E-state index >= 15 is 0 Å². The molecule has 10 aromatic carbocycles. The van der Waals surface area contributed by atoms with Gasteiger partial charge in [0.05, 0.1) is 11.0 Å². The second kappa shape index (κ2) is 13.7. The van der Waals surface area contributed by atoms with Crippen LogP contribution in [-0.2, 0) is 5.41 Å². The summed E-state index contributed by atoms with van der Waals surface area (Å²) in [6.45, 7) is 4.72. The highest BCUT2D eigenvalue weighted by Gasteiger charge is 2.35. The van der Waals surface area contributed by atoms with Gasteiger partial charge in [0.2, 0.25) is 0 Å². The number of benzene rings is 10. The predicted molar refractivity (Wildman–Crippen MR) is 259 cm³/mol. The van der Waals surface area contributed by atoms with Crippen LogP contribution in [0.25, 0.3) is 82.4 Å². The van der Waals surface area contributed by atoms with E-state index in [2.05, 4.69) is 242 Å². The zero-order valence-electron chi connectivity index (χ0n) is 34.2. The van der Waals surface area contributed by atoms with Gasteiger partial charge in [0.1, 0.15) is 0 Å². The summed E-state index contributed by atoms with van der Waals surface area (Å²) in [5, 5.41) is 7.58. The first kappa shape index (κ1) is 35.3. The smallest absolute Gasteiger partial charge is 0.0547 e. The number of nitrogens with zero attached hydrogens (tertiary/aromatic N) is 2. The van der Waals surface area contributed by atoms with Crippen molar-refractivity contribution >= 4 is 60.4 Å². The zero-order chi connectivity index (χ0) is 40.7. The van der Waals surface area contributed by atoms with Crippen molar-refractivity contribution in [2.24, 2.45) is 0 Å². The second-order valence-electron chi connectivity index (χ2n) is 16.9. The largest absolute Gasteiger partial charge is 0.310 e. The molecule has 0 atom stereocenters. The maximum absolute atomic E-state index is 2.45. The number of para-hydroxylation sites is 1. The topological polar surface area (TPSA) is 8.17 Å². The van der Waals surface area contributed by atoms with Crippen LogP contribution in [0, 0.1) is 0 Å². The van der Waals surface area contributed by atoms with E-state index < -0.39 is 0 Å². The quantitative estimate of drug-likeness (QED) is 0.163. The average molecular weight is 779 g/mol. The highest BCUT2D eigenvalue weighted by atomic mass is 15.1. The SMILES string of the molecule is CC1(C)c2ccccc2-c2ccc(N(c3ccc(-n4c5ccccc5c5c6c(-c7cccc8ccccc78)cccc6ccc54)cc3)c3cccc(-c4ccccc4)c3)cc21. The highest BCUT2D eigenvalue weighted by molar-refractivity contribution is 6.25. The Labute approximate surface area is 356 Å². The predicted octanol–water partition coefficient (Wildman–Crippen LogP) is 16.2. The molecule has 0 unspecified atom stereocenters. The van der Waals surface area contributed by atoms with Crippen molar-refractivity contribution in [2.45, 2.75) is 19.3 Å². The number of fused-ring (bicyclic) bond motifs is 9. The molecule has 2 nitrogen and oxygen atoms in total. The van der Waals surface area contributed by atoms with Crippen LogP contribution in [0.3, 0.4) is 0 Å². The minimum Gasteiger partial charge on any atom is -0.310 e. The first-order valence-corrected chi connectivity index (χ1v) is 21.3. The van der Waals surface area contributed by atoms with E-state index in [1.165, 1.54) is 87.9 Å². The molecule has 11 aromatic rings. The van der Waals surface area contributed by atoms with Crippen LogP contribution >= 0.6 is 0 Å². The van der Waals surface area contributed by atoms with E-state index in [1.807, 2.05) is 0 Å². The normalized spacial score (nSPS) is 12.9. The Bertz CT molecular complexity index is 3490. The molecule has 0 aliphatic heterocycles. The molecule has 288 valence electrons. The number of anilines is 3. The average Bonchev–Trinajstić information content (AvgIpc) is 3.77. The molecule has 1 aromatic heterocycles. The van der Waals surface area contributed by atoms with E-state index in [4.69, 9.17) is 0 Å². The van der Waals surface area contributed by atoms with E-state index in [1.54, 1.807) is 0 Å². The van der Waals surface area contributed by atoms with Crippen LogP contribution in [0.15, 0.2) is 218 Å². The fourth-order valence-electron chi connectivity index (χ4n) is 10.3. The third-order valence-corrected chi connectivity index (χ3v) is 13.2. The van der Waals surface area contributed by atoms with Gasteiger partial charge in [-0.3, -0.25) is 0 Å². The van der Waals surface area contributed by atoms with Crippen molar-refractivity contribution in [3.8, 4) is 39.1 Å². The molecule has 0 amide bonds. The van der Waals surface area contributed by atoms with Crippen LogP contribution in [0.4, 0.5) is 17.1 Å². The first-order chi connectivity index (χ1) is 30.0. The lowest BCUT2D eigenvalue weighted by molar-refractivity contribution is 0.660. The molecule has 2 heteroatoms. The summed E-state index contributed by atoms with van der Waals surface area (Å²) in [5.41, 5.74) is 17.1. The van der Waals surface area contributed by atoms with Gasteiger partial charge in [0, 0.05) is 38.9 Å². The minimum atomic E-state index is -0.114. The van der Waals surface area contributed by atoms with Gasteiger partial charge in [-0.15, -0.1) is 0 Å². The highest BCUT2D eigenvalue weighted by Crippen LogP contribution is 2.51. The van der Waals surface area contributed by atoms with Crippen molar-refractivity contribution in [1.82, 2.24) is 4.57 Å². The molecule has 61 heavy (non-hydrogen) atoms. The van der Waals surface area contributed by atoms with E-state index in [0.29, 0.717) is 0 Å². The lowest BCUT2D eigenvalue weighted by atomic mass is 9.82. The Hall–Kier alpha value is -7.68. The minimum absolute atomic E-state index is 0.114. The van der Waals surface area contributed by atoms with Gasteiger partial charge in [-0.2, -0.15) is 0 Å². The molecule has 1 aliphatic rings. The number of hydrogen-bond acceptors (Lipinski definition) is 1. The van der Waals surface area contributed by atoms with Crippen molar-refractivity contribution in [3.05, 3.63) is 230 Å². The number of rotatable bonds is 6. The van der Waals surface area contributed by atoms with Gasteiger partial charge < -0.3 is 9.47 Å². The maximum Gasteiger partial charge on any atom is 0.0547 e. The number of aromatic nitrogens is 1.